The van der Waals surface area contributed by atoms with Crippen LogP contribution in [-0.4, -0.2) is 42.1 Å². The number of nitrogens with zero attached hydrogens (tertiary/aromatic N) is 3. The largest absolute Gasteiger partial charge is 0.345 e. The van der Waals surface area contributed by atoms with Gasteiger partial charge >= 0.3 is 6.03 Å². The molecule has 2 amide bonds. The summed E-state index contributed by atoms with van der Waals surface area (Å²) in [6.45, 7) is 9.26. The summed E-state index contributed by atoms with van der Waals surface area (Å²) in [7, 11) is 0. The van der Waals surface area contributed by atoms with Gasteiger partial charge in [0, 0.05) is 31.9 Å². The van der Waals surface area contributed by atoms with Gasteiger partial charge in [0.15, 0.2) is 5.13 Å². The number of hydrogen-bond donors (Lipinski definition) is 1. The Morgan fingerprint density at radius 1 is 0.963 bits per heavy atom. The van der Waals surface area contributed by atoms with E-state index in [2.05, 4.69) is 36.2 Å². The minimum absolute atomic E-state index is 0.0278. The number of para-hydroxylation sites is 1. The van der Waals surface area contributed by atoms with E-state index in [-0.39, 0.29) is 6.03 Å². The van der Waals surface area contributed by atoms with Crippen LogP contribution in [0.4, 0.5) is 15.6 Å². The van der Waals surface area contributed by atoms with Crippen LogP contribution < -0.4 is 10.2 Å². The number of carbonyl (C=O) groups is 1. The van der Waals surface area contributed by atoms with Crippen LogP contribution in [0.15, 0.2) is 36.4 Å². The molecule has 1 aliphatic rings. The molecule has 0 atom stereocenters. The first-order valence-corrected chi connectivity index (χ1v) is 10.1. The van der Waals surface area contributed by atoms with Crippen molar-refractivity contribution >= 4 is 38.4 Å². The fourth-order valence-electron chi connectivity index (χ4n) is 3.39. The number of urea groups is 1. The molecule has 2 aromatic carbocycles. The molecule has 1 fully saturated rings. The number of thiazole rings is 1. The molecule has 1 saturated heterocycles. The number of fused-ring (bicyclic) bond motifs is 1. The van der Waals surface area contributed by atoms with Crippen LogP contribution in [0.3, 0.4) is 0 Å². The third-order valence-electron chi connectivity index (χ3n) is 5.15. The lowest BCUT2D eigenvalue weighted by Crippen LogP contribution is -2.50. The average molecular weight is 381 g/mol. The zero-order chi connectivity index (χ0) is 19.0. The normalized spacial score (nSPS) is 14.6. The number of aromatic nitrogens is 1. The summed E-state index contributed by atoms with van der Waals surface area (Å²) in [5.41, 5.74) is 5.55. The molecule has 0 aliphatic carbocycles. The molecular weight excluding hydrogens is 356 g/mol. The molecule has 0 spiro atoms. The first-order valence-electron chi connectivity index (χ1n) is 9.26. The van der Waals surface area contributed by atoms with E-state index in [0.29, 0.717) is 13.1 Å². The predicted octanol–water partition coefficient (Wildman–Crippen LogP) is 4.58. The molecule has 27 heavy (non-hydrogen) atoms. The maximum Gasteiger partial charge on any atom is 0.321 e. The second kappa shape index (κ2) is 7.19. The van der Waals surface area contributed by atoms with E-state index in [9.17, 15) is 4.79 Å². The predicted molar refractivity (Wildman–Crippen MR) is 113 cm³/mol. The Balaban J connectivity index is 1.43. The van der Waals surface area contributed by atoms with E-state index in [4.69, 9.17) is 4.98 Å². The molecule has 6 heteroatoms. The fourth-order valence-corrected chi connectivity index (χ4v) is 4.56. The summed E-state index contributed by atoms with van der Waals surface area (Å²) in [6.07, 6.45) is 0. The lowest BCUT2D eigenvalue weighted by molar-refractivity contribution is 0.208. The number of nitrogens with one attached hydrogen (secondary N) is 1. The summed E-state index contributed by atoms with van der Waals surface area (Å²) in [5, 5.41) is 4.08. The highest BCUT2D eigenvalue weighted by molar-refractivity contribution is 7.22. The highest BCUT2D eigenvalue weighted by Crippen LogP contribution is 2.33. The van der Waals surface area contributed by atoms with Crippen LogP contribution in [0.5, 0.6) is 0 Å². The van der Waals surface area contributed by atoms with Gasteiger partial charge in [-0.2, -0.15) is 0 Å². The second-order valence-corrected chi connectivity index (χ2v) is 8.07. The van der Waals surface area contributed by atoms with Gasteiger partial charge in [0.05, 0.1) is 10.2 Å². The number of hydrogen-bond acceptors (Lipinski definition) is 4. The minimum Gasteiger partial charge on any atom is -0.345 e. The molecule has 5 nitrogen and oxygen atoms in total. The molecule has 0 bridgehead atoms. The van der Waals surface area contributed by atoms with E-state index in [1.54, 1.807) is 11.3 Å². The smallest absolute Gasteiger partial charge is 0.321 e. The first kappa shape index (κ1) is 17.8. The molecule has 0 radical (unpaired) electrons. The number of rotatable bonds is 2. The fraction of sp³-hybridized carbons (Fsp3) is 0.333. The number of aryl methyl sites for hydroxylation is 3. The number of amides is 2. The quantitative estimate of drug-likeness (QED) is 0.708. The van der Waals surface area contributed by atoms with Crippen LogP contribution in [0.1, 0.15) is 16.7 Å². The van der Waals surface area contributed by atoms with Gasteiger partial charge in [0.25, 0.3) is 0 Å². The number of carbonyl (C=O) groups excluding carboxylic acids is 1. The summed E-state index contributed by atoms with van der Waals surface area (Å²) in [5.74, 6) is 0. The Morgan fingerprint density at radius 2 is 1.67 bits per heavy atom. The van der Waals surface area contributed by atoms with Crippen molar-refractivity contribution < 1.29 is 4.79 Å². The van der Waals surface area contributed by atoms with E-state index < -0.39 is 0 Å². The van der Waals surface area contributed by atoms with E-state index in [1.807, 2.05) is 36.1 Å². The highest BCUT2D eigenvalue weighted by atomic mass is 32.1. The standard InChI is InChI=1S/C21H24N4OS/c1-14-6-4-5-7-17(14)22-20(26)24-10-12-25(13-11-24)21-23-18-15(2)8-9-16(3)19(18)27-21/h4-9H,10-13H2,1-3H3,(H,22,26). The van der Waals surface area contributed by atoms with E-state index in [1.165, 1.54) is 15.8 Å². The van der Waals surface area contributed by atoms with Crippen molar-refractivity contribution in [2.24, 2.45) is 0 Å². The highest BCUT2D eigenvalue weighted by Gasteiger charge is 2.23. The van der Waals surface area contributed by atoms with Crippen molar-refractivity contribution in [2.45, 2.75) is 20.8 Å². The van der Waals surface area contributed by atoms with Crippen molar-refractivity contribution in [3.63, 3.8) is 0 Å². The van der Waals surface area contributed by atoms with E-state index in [0.717, 1.165) is 35.0 Å². The zero-order valence-electron chi connectivity index (χ0n) is 16.0. The summed E-state index contributed by atoms with van der Waals surface area (Å²) in [6, 6.07) is 12.1. The minimum atomic E-state index is -0.0278. The van der Waals surface area contributed by atoms with Crippen LogP contribution in [0.2, 0.25) is 0 Å². The van der Waals surface area contributed by atoms with Crippen LogP contribution >= 0.6 is 11.3 Å². The Hall–Kier alpha value is -2.60. The molecule has 0 unspecified atom stereocenters. The van der Waals surface area contributed by atoms with Crippen LogP contribution in [-0.2, 0) is 0 Å². The number of anilines is 2. The van der Waals surface area contributed by atoms with Crippen LogP contribution in [0.25, 0.3) is 10.2 Å². The zero-order valence-corrected chi connectivity index (χ0v) is 16.8. The van der Waals surface area contributed by atoms with Gasteiger partial charge in [0.1, 0.15) is 0 Å². The van der Waals surface area contributed by atoms with Gasteiger partial charge in [-0.05, 0) is 43.5 Å². The Labute approximate surface area is 163 Å². The monoisotopic (exact) mass is 380 g/mol. The molecule has 1 N–H and O–H groups in total. The first-order chi connectivity index (χ1) is 13.0. The summed E-state index contributed by atoms with van der Waals surface area (Å²) >= 11 is 1.75. The molecule has 140 valence electrons. The summed E-state index contributed by atoms with van der Waals surface area (Å²) < 4.78 is 1.27. The van der Waals surface area contributed by atoms with Gasteiger partial charge in [-0.25, -0.2) is 9.78 Å². The third-order valence-corrected chi connectivity index (χ3v) is 6.41. The molecule has 2 heterocycles. The lowest BCUT2D eigenvalue weighted by atomic mass is 10.1. The molecular formula is C21H24N4OS. The van der Waals surface area contributed by atoms with Crippen molar-refractivity contribution in [1.82, 2.24) is 9.88 Å². The SMILES string of the molecule is Cc1ccccc1NC(=O)N1CCN(c2nc3c(C)ccc(C)c3s2)CC1. The van der Waals surface area contributed by atoms with Crippen molar-refractivity contribution in [3.8, 4) is 0 Å². The Morgan fingerprint density at radius 3 is 2.37 bits per heavy atom. The van der Waals surface area contributed by atoms with Crippen LogP contribution in [0, 0.1) is 20.8 Å². The maximum absolute atomic E-state index is 12.6. The molecule has 1 aromatic heterocycles. The summed E-state index contributed by atoms with van der Waals surface area (Å²) in [4.78, 5) is 21.6. The number of piperazine rings is 1. The van der Waals surface area contributed by atoms with Crippen molar-refractivity contribution in [2.75, 3.05) is 36.4 Å². The Kier molecular flexibility index (Phi) is 4.74. The lowest BCUT2D eigenvalue weighted by Gasteiger charge is -2.34. The second-order valence-electron chi connectivity index (χ2n) is 7.09. The van der Waals surface area contributed by atoms with Gasteiger partial charge in [-0.1, -0.05) is 41.7 Å². The van der Waals surface area contributed by atoms with Gasteiger partial charge in [0.2, 0.25) is 0 Å². The molecule has 3 aromatic rings. The maximum atomic E-state index is 12.6. The molecule has 4 rings (SSSR count). The van der Waals surface area contributed by atoms with Gasteiger partial charge < -0.3 is 15.1 Å². The van der Waals surface area contributed by atoms with Crippen molar-refractivity contribution in [3.05, 3.63) is 53.1 Å². The Bertz CT molecular complexity index is 950. The molecule has 0 saturated carbocycles. The number of benzene rings is 2. The average Bonchev–Trinajstić information content (AvgIpc) is 3.13. The third kappa shape index (κ3) is 3.49. The van der Waals surface area contributed by atoms with Gasteiger partial charge in [-0.15, -0.1) is 0 Å². The molecule has 1 aliphatic heterocycles. The van der Waals surface area contributed by atoms with Crippen molar-refractivity contribution in [1.29, 1.82) is 0 Å². The van der Waals surface area contributed by atoms with E-state index >= 15 is 0 Å². The van der Waals surface area contributed by atoms with Gasteiger partial charge in [-0.3, -0.25) is 0 Å². The topological polar surface area (TPSA) is 48.5 Å².